The minimum Gasteiger partial charge on any atom is -0.368 e. The highest BCUT2D eigenvalue weighted by Crippen LogP contribution is 2.43. The lowest BCUT2D eigenvalue weighted by Crippen LogP contribution is -2.45. The Morgan fingerprint density at radius 3 is 2.48 bits per heavy atom. The molecule has 4 heterocycles. The number of hydrogen-bond acceptors (Lipinski definition) is 9. The third-order valence-electron chi connectivity index (χ3n) is 7.82. The molecule has 3 fully saturated rings. The second-order valence-electron chi connectivity index (χ2n) is 10.4. The third kappa shape index (κ3) is 4.64. The van der Waals surface area contributed by atoms with Gasteiger partial charge in [0.15, 0.2) is 10.8 Å². The lowest BCUT2D eigenvalue weighted by Gasteiger charge is -2.34. The van der Waals surface area contributed by atoms with E-state index in [2.05, 4.69) is 19.9 Å². The quantitative estimate of drug-likeness (QED) is 0.439. The van der Waals surface area contributed by atoms with Crippen LogP contribution in [0.4, 0.5) is 13.2 Å². The Bertz CT molecular complexity index is 1640. The maximum absolute atomic E-state index is 13.4. The van der Waals surface area contributed by atoms with Crippen LogP contribution < -0.4 is 4.72 Å². The average molecular weight is 596 g/mol. The second-order valence-corrected chi connectivity index (χ2v) is 13.1. The predicted octanol–water partition coefficient (Wildman–Crippen LogP) is 3.09. The van der Waals surface area contributed by atoms with Crippen molar-refractivity contribution in [2.24, 2.45) is 0 Å². The molecule has 1 aliphatic heterocycles. The van der Waals surface area contributed by atoms with E-state index in [-0.39, 0.29) is 27.6 Å². The normalized spacial score (nSPS) is 20.4. The van der Waals surface area contributed by atoms with Crippen molar-refractivity contribution in [3.05, 3.63) is 29.0 Å². The predicted molar refractivity (Wildman–Crippen MR) is 135 cm³/mol. The van der Waals surface area contributed by atoms with Crippen LogP contribution in [-0.2, 0) is 25.7 Å². The van der Waals surface area contributed by atoms with Gasteiger partial charge in [-0.25, -0.2) is 13.4 Å². The number of carbonyl (C=O) groups excluding carboxylic acids is 1. The van der Waals surface area contributed by atoms with Crippen LogP contribution in [0.3, 0.4) is 0 Å². The van der Waals surface area contributed by atoms with E-state index >= 15 is 0 Å². The molecular formula is C24H24F3N7O4S2. The van der Waals surface area contributed by atoms with Gasteiger partial charge in [-0.3, -0.25) is 9.20 Å². The molecular weight excluding hydrogens is 571 g/mol. The van der Waals surface area contributed by atoms with E-state index in [9.17, 15) is 31.6 Å². The molecule has 40 heavy (non-hydrogen) atoms. The number of alkyl halides is 3. The highest BCUT2D eigenvalue weighted by atomic mass is 32.2. The van der Waals surface area contributed by atoms with Crippen molar-refractivity contribution in [1.82, 2.24) is 29.2 Å². The van der Waals surface area contributed by atoms with Gasteiger partial charge in [0.2, 0.25) is 15.0 Å². The van der Waals surface area contributed by atoms with Crippen LogP contribution >= 0.6 is 11.3 Å². The van der Waals surface area contributed by atoms with Crippen LogP contribution in [0.2, 0.25) is 0 Å². The summed E-state index contributed by atoms with van der Waals surface area (Å²) in [5, 5.41) is 15.1. The Morgan fingerprint density at radius 2 is 1.93 bits per heavy atom. The number of rotatable bonds is 7. The molecule has 6 rings (SSSR count). The summed E-state index contributed by atoms with van der Waals surface area (Å²) in [5.74, 6) is -0.185. The van der Waals surface area contributed by atoms with Gasteiger partial charge in [-0.1, -0.05) is 11.3 Å². The van der Waals surface area contributed by atoms with Crippen molar-refractivity contribution in [2.75, 3.05) is 20.2 Å². The Balaban J connectivity index is 1.38. The van der Waals surface area contributed by atoms with Gasteiger partial charge in [0, 0.05) is 26.4 Å². The Morgan fingerprint density at radius 1 is 1.23 bits per heavy atom. The van der Waals surface area contributed by atoms with E-state index in [1.807, 2.05) is 6.07 Å². The fraction of sp³-hybridized carbons (Fsp3) is 0.542. The summed E-state index contributed by atoms with van der Waals surface area (Å²) >= 11 is 0.310. The molecule has 0 unspecified atom stereocenters. The molecule has 1 saturated heterocycles. The fourth-order valence-electron chi connectivity index (χ4n) is 5.14. The number of fused-ring (bicyclic) bond motifs is 1. The number of likely N-dealkylation sites (tertiary alicyclic amines) is 1. The summed E-state index contributed by atoms with van der Waals surface area (Å²) in [6.07, 6.45) is 1.27. The molecule has 11 nitrogen and oxygen atoms in total. The minimum absolute atomic E-state index is 0.0195. The first-order valence-corrected chi connectivity index (χ1v) is 14.9. The SMILES string of the molecule is COC1(C(=O)N2CCC(c3cc(S(=O)(=O)NC4(C#N)CC4)cn4c(-c5nnc(C(F)(F)F)s5)ncc34)CC2)CC1. The van der Waals surface area contributed by atoms with Gasteiger partial charge in [0.25, 0.3) is 5.91 Å². The summed E-state index contributed by atoms with van der Waals surface area (Å²) in [4.78, 5) is 18.8. The molecule has 1 amide bonds. The van der Waals surface area contributed by atoms with Crippen LogP contribution in [0.1, 0.15) is 55.0 Å². The first kappa shape index (κ1) is 27.1. The first-order valence-electron chi connectivity index (χ1n) is 12.6. The van der Waals surface area contributed by atoms with E-state index in [1.165, 1.54) is 30.0 Å². The number of amides is 1. The van der Waals surface area contributed by atoms with Crippen molar-refractivity contribution in [1.29, 1.82) is 5.26 Å². The van der Waals surface area contributed by atoms with Crippen molar-refractivity contribution in [2.45, 2.75) is 66.7 Å². The maximum Gasteiger partial charge on any atom is 0.445 e. The molecule has 16 heteroatoms. The molecule has 0 atom stereocenters. The number of piperidine rings is 1. The Kier molecular flexibility index (Phi) is 6.22. The van der Waals surface area contributed by atoms with Crippen LogP contribution in [0.25, 0.3) is 16.3 Å². The van der Waals surface area contributed by atoms with Gasteiger partial charge in [-0.2, -0.15) is 23.2 Å². The number of hydrogen-bond donors (Lipinski definition) is 1. The zero-order valence-electron chi connectivity index (χ0n) is 21.2. The number of aromatic nitrogens is 4. The molecule has 0 spiro atoms. The highest BCUT2D eigenvalue weighted by Gasteiger charge is 2.53. The molecule has 212 valence electrons. The molecule has 0 bridgehead atoms. The van der Waals surface area contributed by atoms with E-state index in [0.29, 0.717) is 74.0 Å². The van der Waals surface area contributed by atoms with Crippen LogP contribution in [0.5, 0.6) is 0 Å². The number of nitriles is 1. The molecule has 0 radical (unpaired) electrons. The largest absolute Gasteiger partial charge is 0.445 e. The number of methoxy groups -OCH3 is 1. The zero-order valence-corrected chi connectivity index (χ0v) is 22.9. The number of nitrogens with zero attached hydrogens (tertiary/aromatic N) is 6. The number of sulfonamides is 1. The third-order valence-corrected chi connectivity index (χ3v) is 10.3. The number of carbonyl (C=O) groups is 1. The smallest absolute Gasteiger partial charge is 0.368 e. The zero-order chi connectivity index (χ0) is 28.5. The van der Waals surface area contributed by atoms with Crippen molar-refractivity contribution in [3.8, 4) is 16.9 Å². The number of nitrogens with one attached hydrogen (secondary N) is 1. The number of imidazole rings is 1. The van der Waals surface area contributed by atoms with E-state index in [4.69, 9.17) is 4.74 Å². The van der Waals surface area contributed by atoms with Gasteiger partial charge in [-0.05, 0) is 56.1 Å². The lowest BCUT2D eigenvalue weighted by atomic mass is 9.89. The number of ether oxygens (including phenoxy) is 1. The molecule has 3 aliphatic rings. The summed E-state index contributed by atoms with van der Waals surface area (Å²) in [6.45, 7) is 0.889. The van der Waals surface area contributed by atoms with E-state index in [0.717, 1.165) is 0 Å². The molecule has 3 aromatic heterocycles. The van der Waals surface area contributed by atoms with Gasteiger partial charge in [0.05, 0.1) is 22.7 Å². The summed E-state index contributed by atoms with van der Waals surface area (Å²) in [5.41, 5.74) is -0.766. The van der Waals surface area contributed by atoms with E-state index in [1.54, 1.807) is 4.90 Å². The van der Waals surface area contributed by atoms with Crippen LogP contribution in [-0.4, -0.2) is 70.1 Å². The molecule has 0 aromatic carbocycles. The average Bonchev–Trinajstić information content (AvgIpc) is 3.78. The van der Waals surface area contributed by atoms with Crippen LogP contribution in [0, 0.1) is 11.3 Å². The van der Waals surface area contributed by atoms with Gasteiger partial charge >= 0.3 is 6.18 Å². The van der Waals surface area contributed by atoms with E-state index < -0.39 is 32.3 Å². The summed E-state index contributed by atoms with van der Waals surface area (Å²) in [7, 11) is -2.64. The molecule has 1 N–H and O–H groups in total. The van der Waals surface area contributed by atoms with Crippen LogP contribution in [0.15, 0.2) is 23.4 Å². The standard InChI is InChI=1S/C24H24F3N7O4S2/c1-38-23(6-7-23)21(35)33-8-2-14(3-9-33)16-10-15(40(36,37)32-22(13-28)4-5-22)12-34-17(16)11-29-18(34)19-30-31-20(39-19)24(25,26)27/h10-12,14,32H,2-9H2,1H3. The van der Waals surface area contributed by atoms with Gasteiger partial charge in [0.1, 0.15) is 11.1 Å². The molecule has 2 aliphatic carbocycles. The lowest BCUT2D eigenvalue weighted by molar-refractivity contribution is -0.145. The number of pyridine rings is 1. The molecule has 2 saturated carbocycles. The highest BCUT2D eigenvalue weighted by molar-refractivity contribution is 7.89. The first-order chi connectivity index (χ1) is 18.9. The van der Waals surface area contributed by atoms with Gasteiger partial charge in [-0.15, -0.1) is 10.2 Å². The van der Waals surface area contributed by atoms with Crippen molar-refractivity contribution >= 4 is 32.8 Å². The minimum atomic E-state index is -4.68. The summed E-state index contributed by atoms with van der Waals surface area (Å²) < 4.78 is 75.7. The number of halogens is 3. The van der Waals surface area contributed by atoms with Gasteiger partial charge < -0.3 is 9.64 Å². The maximum atomic E-state index is 13.4. The topological polar surface area (TPSA) is 143 Å². The van der Waals surface area contributed by atoms with Crippen molar-refractivity contribution < 1.29 is 31.1 Å². The Hall–Kier alpha value is -3.13. The second kappa shape index (κ2) is 9.20. The monoisotopic (exact) mass is 595 g/mol. The fourth-order valence-corrected chi connectivity index (χ4v) is 7.25. The molecule has 3 aromatic rings. The van der Waals surface area contributed by atoms with Crippen molar-refractivity contribution in [3.63, 3.8) is 0 Å². The summed E-state index contributed by atoms with van der Waals surface area (Å²) in [6, 6.07) is 3.53. The Labute approximate surface area is 231 Å².